The molecule has 0 aromatic carbocycles. The molecule has 4 atom stereocenters. The fourth-order valence-corrected chi connectivity index (χ4v) is 3.61. The third-order valence-corrected chi connectivity index (χ3v) is 5.35. The van der Waals surface area contributed by atoms with E-state index in [4.69, 9.17) is 28.4 Å². The summed E-state index contributed by atoms with van der Waals surface area (Å²) in [6, 6.07) is -0.486. The third-order valence-electron chi connectivity index (χ3n) is 5.35. The maximum absolute atomic E-state index is 12.1. The Morgan fingerprint density at radius 3 is 1.45 bits per heavy atom. The number of carbonyl (C=O) groups excluding carboxylic acids is 6. The highest BCUT2D eigenvalue weighted by Gasteiger charge is 2.25. The summed E-state index contributed by atoms with van der Waals surface area (Å²) in [6.45, 7) is 8.95. The quantitative estimate of drug-likeness (QED) is 0.119. The van der Waals surface area contributed by atoms with Crippen LogP contribution in [0.2, 0.25) is 0 Å². The Morgan fingerprint density at radius 1 is 0.700 bits per heavy atom. The first kappa shape index (κ1) is 33.9. The van der Waals surface area contributed by atoms with Gasteiger partial charge in [-0.1, -0.05) is 13.2 Å². The lowest BCUT2D eigenvalue weighted by molar-refractivity contribution is -0.153. The summed E-state index contributed by atoms with van der Waals surface area (Å²) in [7, 11) is 0. The normalized spacial score (nSPS) is 17.6. The molecule has 0 saturated heterocycles. The van der Waals surface area contributed by atoms with Crippen molar-refractivity contribution in [3.63, 3.8) is 0 Å². The summed E-state index contributed by atoms with van der Waals surface area (Å²) in [6.07, 6.45) is 1.53. The number of alkyl carbamates (subject to hydrolysis) is 2. The SMILES string of the molecule is C=CC(=O)OC(C)CC(=O)OCCOC(=O)NC1CCCC(NC(=O)OCCOC(=O)CC(C)OC(=O)C=C)C1. The van der Waals surface area contributed by atoms with Crippen molar-refractivity contribution in [3.05, 3.63) is 25.3 Å². The Labute approximate surface area is 232 Å². The van der Waals surface area contributed by atoms with Gasteiger partial charge < -0.3 is 39.1 Å². The van der Waals surface area contributed by atoms with E-state index in [1.54, 1.807) is 0 Å². The van der Waals surface area contributed by atoms with Gasteiger partial charge >= 0.3 is 36.1 Å². The average Bonchev–Trinajstić information content (AvgIpc) is 2.88. The first-order valence-electron chi connectivity index (χ1n) is 12.9. The Kier molecular flexibility index (Phi) is 16.1. The number of carbonyl (C=O) groups is 6. The molecule has 224 valence electrons. The van der Waals surface area contributed by atoms with Gasteiger partial charge in [0.05, 0.1) is 12.8 Å². The number of ether oxygens (including phenoxy) is 6. The molecule has 1 aliphatic carbocycles. The van der Waals surface area contributed by atoms with E-state index in [1.807, 2.05) is 0 Å². The summed E-state index contributed by atoms with van der Waals surface area (Å²) < 4.78 is 29.7. The van der Waals surface area contributed by atoms with Gasteiger partial charge in [-0.05, 0) is 39.5 Å². The maximum atomic E-state index is 12.1. The van der Waals surface area contributed by atoms with Gasteiger partial charge in [-0.25, -0.2) is 19.2 Å². The Hall–Kier alpha value is -4.10. The molecule has 4 unspecified atom stereocenters. The van der Waals surface area contributed by atoms with Crippen LogP contribution in [0.25, 0.3) is 0 Å². The second-order valence-electron chi connectivity index (χ2n) is 8.87. The molecule has 1 aliphatic rings. The number of esters is 4. The average molecular weight is 571 g/mol. The number of hydrogen-bond donors (Lipinski definition) is 2. The van der Waals surface area contributed by atoms with Crippen molar-refractivity contribution >= 4 is 36.1 Å². The van der Waals surface area contributed by atoms with Gasteiger partial charge in [-0.2, -0.15) is 0 Å². The predicted molar refractivity (Wildman–Crippen MR) is 138 cm³/mol. The summed E-state index contributed by atoms with van der Waals surface area (Å²) in [5, 5.41) is 5.42. The summed E-state index contributed by atoms with van der Waals surface area (Å²) in [5.41, 5.74) is 0. The van der Waals surface area contributed by atoms with Gasteiger partial charge in [-0.15, -0.1) is 0 Å². The molecule has 2 N–H and O–H groups in total. The minimum absolute atomic E-state index is 0.149. The van der Waals surface area contributed by atoms with Crippen molar-refractivity contribution in [2.24, 2.45) is 0 Å². The van der Waals surface area contributed by atoms with Crippen molar-refractivity contribution in [2.45, 2.75) is 76.7 Å². The van der Waals surface area contributed by atoms with Crippen LogP contribution in [-0.2, 0) is 47.6 Å². The first-order chi connectivity index (χ1) is 19.0. The molecule has 1 rings (SSSR count). The van der Waals surface area contributed by atoms with Crippen LogP contribution >= 0.6 is 0 Å². The zero-order valence-electron chi connectivity index (χ0n) is 22.8. The fourth-order valence-electron chi connectivity index (χ4n) is 3.61. The molecule has 0 aromatic rings. The van der Waals surface area contributed by atoms with E-state index in [0.29, 0.717) is 19.3 Å². The highest BCUT2D eigenvalue weighted by atomic mass is 16.6. The van der Waals surface area contributed by atoms with Crippen molar-refractivity contribution in [1.29, 1.82) is 0 Å². The maximum Gasteiger partial charge on any atom is 0.407 e. The highest BCUT2D eigenvalue weighted by Crippen LogP contribution is 2.19. The van der Waals surface area contributed by atoms with E-state index in [1.165, 1.54) is 13.8 Å². The van der Waals surface area contributed by atoms with E-state index in [2.05, 4.69) is 23.8 Å². The molecule has 1 saturated carbocycles. The van der Waals surface area contributed by atoms with Gasteiger partial charge in [0.25, 0.3) is 0 Å². The van der Waals surface area contributed by atoms with Gasteiger partial charge in [0.1, 0.15) is 38.6 Å². The smallest absolute Gasteiger partial charge is 0.407 e. The van der Waals surface area contributed by atoms with Gasteiger partial charge in [-0.3, -0.25) is 9.59 Å². The number of rotatable bonds is 16. The molecular weight excluding hydrogens is 532 g/mol. The van der Waals surface area contributed by atoms with Gasteiger partial charge in [0, 0.05) is 24.2 Å². The van der Waals surface area contributed by atoms with E-state index in [0.717, 1.165) is 18.6 Å². The first-order valence-corrected chi connectivity index (χ1v) is 12.9. The molecule has 40 heavy (non-hydrogen) atoms. The van der Waals surface area contributed by atoms with Crippen LogP contribution in [0.1, 0.15) is 52.4 Å². The van der Waals surface area contributed by atoms with E-state index in [-0.39, 0.29) is 51.4 Å². The van der Waals surface area contributed by atoms with Gasteiger partial charge in [0.2, 0.25) is 0 Å². The molecule has 0 aliphatic heterocycles. The molecule has 0 aromatic heterocycles. The standard InChI is InChI=1S/C26H38N2O12/c1-5-21(29)39-17(3)14-23(31)35-10-12-37-25(33)27-19-8-7-9-20(16-19)28-26(34)38-13-11-36-24(32)15-18(4)40-22(30)6-2/h5-6,17-20H,1-2,7-16H2,3-4H3,(H,27,33)(H,28,34). The van der Waals surface area contributed by atoms with Crippen molar-refractivity contribution in [1.82, 2.24) is 10.6 Å². The molecule has 0 bridgehead atoms. The molecule has 14 heteroatoms. The molecule has 0 spiro atoms. The van der Waals surface area contributed by atoms with Crippen molar-refractivity contribution < 1.29 is 57.2 Å². The fraction of sp³-hybridized carbons (Fsp3) is 0.615. The molecule has 14 nitrogen and oxygen atoms in total. The molecule has 0 radical (unpaired) electrons. The largest absolute Gasteiger partial charge is 0.462 e. The second kappa shape index (κ2) is 19.0. The number of nitrogens with one attached hydrogen (secondary N) is 2. The monoisotopic (exact) mass is 570 g/mol. The van der Waals surface area contributed by atoms with Crippen molar-refractivity contribution in [3.8, 4) is 0 Å². The highest BCUT2D eigenvalue weighted by molar-refractivity contribution is 5.82. The van der Waals surface area contributed by atoms with Crippen LogP contribution in [0.15, 0.2) is 25.3 Å². The predicted octanol–water partition coefficient (Wildman–Crippen LogP) is 1.85. The van der Waals surface area contributed by atoms with Crippen LogP contribution in [0.5, 0.6) is 0 Å². The number of amides is 2. The lowest BCUT2D eigenvalue weighted by Crippen LogP contribution is -2.46. The molecular formula is C26H38N2O12. The Balaban J connectivity index is 2.19. The zero-order valence-corrected chi connectivity index (χ0v) is 22.8. The number of hydrogen-bond acceptors (Lipinski definition) is 12. The van der Waals surface area contributed by atoms with E-state index in [9.17, 15) is 28.8 Å². The Morgan fingerprint density at radius 2 is 1.07 bits per heavy atom. The summed E-state index contributed by atoms with van der Waals surface area (Å²) in [5.74, 6) is -2.51. The molecule has 1 fully saturated rings. The lowest BCUT2D eigenvalue weighted by Gasteiger charge is -2.29. The lowest BCUT2D eigenvalue weighted by atomic mass is 9.91. The Bertz CT molecular complexity index is 836. The third kappa shape index (κ3) is 16.0. The summed E-state index contributed by atoms with van der Waals surface area (Å²) in [4.78, 5) is 69.8. The van der Waals surface area contributed by atoms with Crippen LogP contribution < -0.4 is 10.6 Å². The minimum atomic E-state index is -0.687. The second-order valence-corrected chi connectivity index (χ2v) is 8.87. The van der Waals surface area contributed by atoms with Crippen LogP contribution in [0.3, 0.4) is 0 Å². The van der Waals surface area contributed by atoms with Crippen molar-refractivity contribution in [2.75, 3.05) is 26.4 Å². The van der Waals surface area contributed by atoms with Crippen LogP contribution in [0, 0.1) is 0 Å². The summed E-state index contributed by atoms with van der Waals surface area (Å²) >= 11 is 0. The zero-order chi connectivity index (χ0) is 29.9. The topological polar surface area (TPSA) is 182 Å². The van der Waals surface area contributed by atoms with E-state index < -0.39 is 48.3 Å². The van der Waals surface area contributed by atoms with E-state index >= 15 is 0 Å². The minimum Gasteiger partial charge on any atom is -0.462 e. The molecule has 0 heterocycles. The van der Waals surface area contributed by atoms with Gasteiger partial charge in [0.15, 0.2) is 0 Å². The molecule has 2 amide bonds. The van der Waals surface area contributed by atoms with Crippen LogP contribution in [0.4, 0.5) is 9.59 Å². The van der Waals surface area contributed by atoms with Crippen LogP contribution in [-0.4, -0.2) is 86.8 Å².